The van der Waals surface area contributed by atoms with E-state index in [9.17, 15) is 36.5 Å². The maximum atomic E-state index is 12.3. The van der Waals surface area contributed by atoms with Crippen molar-refractivity contribution < 1.29 is 30.7 Å². The van der Waals surface area contributed by atoms with Crippen molar-refractivity contribution in [1.82, 2.24) is 4.98 Å². The molecule has 0 amide bonds. The Bertz CT molecular complexity index is 918. The largest absolute Gasteiger partial charge is 0.534 e. The summed E-state index contributed by atoms with van der Waals surface area (Å²) in [5.74, 6) is -1.14. The number of aromatic amines is 1. The van der Waals surface area contributed by atoms with Crippen LogP contribution in [0.2, 0.25) is 0 Å². The average Bonchev–Trinajstić information content (AvgIpc) is 2.36. The number of rotatable bonds is 3. The molecule has 0 aliphatic heterocycles. The second-order valence-corrected chi connectivity index (χ2v) is 5.46. The van der Waals surface area contributed by atoms with Gasteiger partial charge in [-0.2, -0.15) is 21.6 Å². The van der Waals surface area contributed by atoms with Crippen LogP contribution in [0.25, 0.3) is 10.8 Å². The Labute approximate surface area is 119 Å². The number of hydrogen-bond acceptors (Lipinski definition) is 6. The van der Waals surface area contributed by atoms with Gasteiger partial charge in [0.1, 0.15) is 0 Å². The van der Waals surface area contributed by atoms with Gasteiger partial charge in [-0.15, -0.1) is 0 Å². The number of pyridine rings is 1. The van der Waals surface area contributed by atoms with Crippen LogP contribution in [0, 0.1) is 10.1 Å². The number of nitro benzene ring substituents is 1. The minimum Gasteiger partial charge on any atom is -0.369 e. The molecule has 0 aliphatic carbocycles. The number of benzene rings is 1. The summed E-state index contributed by atoms with van der Waals surface area (Å²) < 4.78 is 62.6. The second kappa shape index (κ2) is 4.98. The average molecular weight is 338 g/mol. The molecule has 0 aliphatic rings. The molecule has 118 valence electrons. The predicted octanol–water partition coefficient (Wildman–Crippen LogP) is 1.66. The molecule has 0 fully saturated rings. The molecule has 1 heterocycles. The third kappa shape index (κ3) is 2.59. The zero-order chi connectivity index (χ0) is 16.7. The van der Waals surface area contributed by atoms with Crippen LogP contribution < -0.4 is 9.74 Å². The molecule has 0 saturated carbocycles. The number of halogens is 3. The number of nitrogens with one attached hydrogen (secondary N) is 1. The van der Waals surface area contributed by atoms with Crippen molar-refractivity contribution in [2.45, 2.75) is 5.51 Å². The highest BCUT2D eigenvalue weighted by Gasteiger charge is 2.49. The lowest BCUT2D eigenvalue weighted by Crippen LogP contribution is -2.28. The molecule has 0 radical (unpaired) electrons. The zero-order valence-corrected chi connectivity index (χ0v) is 11.1. The van der Waals surface area contributed by atoms with Crippen LogP contribution in [0.3, 0.4) is 0 Å². The molecule has 1 aromatic carbocycles. The summed E-state index contributed by atoms with van der Waals surface area (Å²) in [5.41, 5.74) is -7.54. The Kier molecular flexibility index (Phi) is 3.56. The second-order valence-electron chi connectivity index (χ2n) is 3.92. The number of aromatic nitrogens is 1. The van der Waals surface area contributed by atoms with Crippen molar-refractivity contribution in [3.8, 4) is 5.75 Å². The molecule has 8 nitrogen and oxygen atoms in total. The van der Waals surface area contributed by atoms with E-state index in [2.05, 4.69) is 9.17 Å². The summed E-state index contributed by atoms with van der Waals surface area (Å²) in [6.07, 6.45) is 1.03. The van der Waals surface area contributed by atoms with Crippen LogP contribution in [0.4, 0.5) is 18.9 Å². The van der Waals surface area contributed by atoms with Crippen molar-refractivity contribution in [3.63, 3.8) is 0 Å². The maximum Gasteiger partial charge on any atom is 0.534 e. The number of alkyl halides is 3. The van der Waals surface area contributed by atoms with E-state index in [0.29, 0.717) is 6.07 Å². The van der Waals surface area contributed by atoms with E-state index in [-0.39, 0.29) is 10.8 Å². The molecule has 0 spiro atoms. The van der Waals surface area contributed by atoms with Gasteiger partial charge in [0.15, 0.2) is 0 Å². The summed E-state index contributed by atoms with van der Waals surface area (Å²) in [5, 5.41) is 10.5. The van der Waals surface area contributed by atoms with E-state index in [1.165, 1.54) is 0 Å². The lowest BCUT2D eigenvalue weighted by Gasteiger charge is -2.10. The molecular formula is C10H5F3N2O6S. The summed E-state index contributed by atoms with van der Waals surface area (Å²) in [6, 6.07) is 2.57. The van der Waals surface area contributed by atoms with E-state index in [1.807, 2.05) is 0 Å². The Morgan fingerprint density at radius 3 is 2.36 bits per heavy atom. The van der Waals surface area contributed by atoms with Gasteiger partial charge in [-0.3, -0.25) is 14.9 Å². The lowest BCUT2D eigenvalue weighted by atomic mass is 10.1. The fourth-order valence-electron chi connectivity index (χ4n) is 1.65. The molecule has 0 unspecified atom stereocenters. The minimum absolute atomic E-state index is 0.203. The van der Waals surface area contributed by atoms with Gasteiger partial charge in [0.25, 0.3) is 5.56 Å². The van der Waals surface area contributed by atoms with Gasteiger partial charge in [0, 0.05) is 6.20 Å². The molecule has 22 heavy (non-hydrogen) atoms. The van der Waals surface area contributed by atoms with Gasteiger partial charge in [-0.05, 0) is 18.2 Å². The molecule has 0 bridgehead atoms. The van der Waals surface area contributed by atoms with E-state index in [1.54, 1.807) is 0 Å². The fraction of sp³-hybridized carbons (Fsp3) is 0.100. The molecule has 1 N–H and O–H groups in total. The van der Waals surface area contributed by atoms with E-state index >= 15 is 0 Å². The Morgan fingerprint density at radius 1 is 1.18 bits per heavy atom. The lowest BCUT2D eigenvalue weighted by molar-refractivity contribution is -0.383. The normalized spacial score (nSPS) is 12.3. The predicted molar refractivity (Wildman–Crippen MR) is 66.8 cm³/mol. The highest BCUT2D eigenvalue weighted by atomic mass is 32.2. The first-order valence-corrected chi connectivity index (χ1v) is 6.75. The van der Waals surface area contributed by atoms with Crippen molar-refractivity contribution in [2.75, 3.05) is 0 Å². The number of hydrogen-bond donors (Lipinski definition) is 1. The van der Waals surface area contributed by atoms with E-state index in [4.69, 9.17) is 0 Å². The molecule has 2 aromatic rings. The number of H-pyrrole nitrogens is 1. The van der Waals surface area contributed by atoms with Gasteiger partial charge in [-0.25, -0.2) is 0 Å². The highest BCUT2D eigenvalue weighted by molar-refractivity contribution is 7.88. The molecule has 0 atom stereocenters. The van der Waals surface area contributed by atoms with E-state index in [0.717, 1.165) is 18.3 Å². The molecular weight excluding hydrogens is 333 g/mol. The van der Waals surface area contributed by atoms with Gasteiger partial charge in [0.05, 0.1) is 15.7 Å². The standard InChI is InChI=1S/C10H5F3N2O6S/c11-10(12,13)22(19,20)21-7-2-1-6-5(8(7)15(17)18)3-4-14-9(6)16/h1-4H,(H,14,16). The van der Waals surface area contributed by atoms with Crippen LogP contribution in [0.15, 0.2) is 29.2 Å². The number of fused-ring (bicyclic) bond motifs is 1. The Morgan fingerprint density at radius 2 is 1.82 bits per heavy atom. The highest BCUT2D eigenvalue weighted by Crippen LogP contribution is 2.37. The molecule has 12 heteroatoms. The third-order valence-electron chi connectivity index (χ3n) is 2.55. The number of nitro groups is 1. The maximum absolute atomic E-state index is 12.3. The van der Waals surface area contributed by atoms with Crippen molar-refractivity contribution >= 4 is 26.6 Å². The zero-order valence-electron chi connectivity index (χ0n) is 10.2. The fourth-order valence-corrected chi connectivity index (χ4v) is 2.12. The van der Waals surface area contributed by atoms with Gasteiger partial charge >= 0.3 is 21.3 Å². The quantitative estimate of drug-likeness (QED) is 0.393. The summed E-state index contributed by atoms with van der Waals surface area (Å²) >= 11 is 0. The van der Waals surface area contributed by atoms with Crippen molar-refractivity contribution in [2.24, 2.45) is 0 Å². The monoisotopic (exact) mass is 338 g/mol. The summed E-state index contributed by atoms with van der Waals surface area (Å²) in [6.45, 7) is 0. The Balaban J connectivity index is 2.74. The summed E-state index contributed by atoms with van der Waals surface area (Å²) in [7, 11) is -6.08. The van der Waals surface area contributed by atoms with Crippen LogP contribution in [0.5, 0.6) is 5.75 Å². The Hall–Kier alpha value is -2.63. The SMILES string of the molecule is O=c1[nH]ccc2c([N+](=O)[O-])c(OS(=O)(=O)C(F)(F)F)ccc12. The van der Waals surface area contributed by atoms with Gasteiger partial charge < -0.3 is 9.17 Å². The number of nitrogens with zero attached hydrogens (tertiary/aromatic N) is 1. The van der Waals surface area contributed by atoms with Crippen LogP contribution >= 0.6 is 0 Å². The first-order valence-electron chi connectivity index (χ1n) is 5.34. The van der Waals surface area contributed by atoms with E-state index < -0.39 is 37.5 Å². The molecule has 2 rings (SSSR count). The van der Waals surface area contributed by atoms with Crippen LogP contribution in [0.1, 0.15) is 0 Å². The topological polar surface area (TPSA) is 119 Å². The smallest absolute Gasteiger partial charge is 0.369 e. The third-order valence-corrected chi connectivity index (χ3v) is 3.52. The summed E-state index contributed by atoms with van der Waals surface area (Å²) in [4.78, 5) is 23.6. The minimum atomic E-state index is -6.08. The first kappa shape index (κ1) is 15.8. The van der Waals surface area contributed by atoms with Gasteiger partial charge in [-0.1, -0.05) is 0 Å². The van der Waals surface area contributed by atoms with Crippen molar-refractivity contribution in [3.05, 3.63) is 44.9 Å². The van der Waals surface area contributed by atoms with Crippen molar-refractivity contribution in [1.29, 1.82) is 0 Å². The van der Waals surface area contributed by atoms with Crippen LogP contribution in [-0.4, -0.2) is 23.8 Å². The van der Waals surface area contributed by atoms with Crippen LogP contribution in [-0.2, 0) is 10.1 Å². The van der Waals surface area contributed by atoms with Gasteiger partial charge in [0.2, 0.25) is 5.75 Å². The molecule has 0 saturated heterocycles. The molecule has 1 aromatic heterocycles. The first-order chi connectivity index (χ1) is 10.0.